The van der Waals surface area contributed by atoms with Gasteiger partial charge in [0.1, 0.15) is 5.82 Å². The standard InChI is InChI=1S/C21H31N5O2S/c1-13(2)11-26-18(10-9-17(22)27)24-25-21(26)29-12-19(28)23-20-15(5)7-6-8-16(20)14(3)4/h6-8,13-14H,9-12H2,1-5H3,(H2,22,27)(H,23,28). The first-order chi connectivity index (χ1) is 13.7. The Morgan fingerprint density at radius 1 is 1.21 bits per heavy atom. The molecule has 0 spiro atoms. The topological polar surface area (TPSA) is 103 Å². The largest absolute Gasteiger partial charge is 0.370 e. The van der Waals surface area contributed by atoms with Crippen LogP contribution in [0.25, 0.3) is 0 Å². The molecule has 7 nitrogen and oxygen atoms in total. The summed E-state index contributed by atoms with van der Waals surface area (Å²) in [5, 5.41) is 12.2. The van der Waals surface area contributed by atoms with Crippen molar-refractivity contribution in [1.82, 2.24) is 14.8 Å². The maximum absolute atomic E-state index is 12.6. The molecular weight excluding hydrogens is 386 g/mol. The first kappa shape index (κ1) is 22.9. The molecule has 29 heavy (non-hydrogen) atoms. The molecular formula is C21H31N5O2S. The van der Waals surface area contributed by atoms with Gasteiger partial charge in [0.05, 0.1) is 5.75 Å². The lowest BCUT2D eigenvalue weighted by Gasteiger charge is -2.16. The van der Waals surface area contributed by atoms with Gasteiger partial charge in [0.15, 0.2) is 5.16 Å². The van der Waals surface area contributed by atoms with Gasteiger partial charge in [-0.05, 0) is 29.9 Å². The zero-order valence-electron chi connectivity index (χ0n) is 17.9. The summed E-state index contributed by atoms with van der Waals surface area (Å²) < 4.78 is 1.98. The van der Waals surface area contributed by atoms with Gasteiger partial charge >= 0.3 is 0 Å². The first-order valence-electron chi connectivity index (χ1n) is 9.91. The molecule has 3 N–H and O–H groups in total. The van der Waals surface area contributed by atoms with Crippen LogP contribution in [0, 0.1) is 12.8 Å². The number of rotatable bonds is 10. The monoisotopic (exact) mass is 417 g/mol. The van der Waals surface area contributed by atoms with Crippen LogP contribution in [-0.2, 0) is 22.6 Å². The third-order valence-electron chi connectivity index (χ3n) is 4.46. The van der Waals surface area contributed by atoms with Gasteiger partial charge in [-0.15, -0.1) is 10.2 Å². The lowest BCUT2D eigenvalue weighted by atomic mass is 9.98. The highest BCUT2D eigenvalue weighted by atomic mass is 32.2. The number of carbonyl (C=O) groups excluding carboxylic acids is 2. The number of hydrogen-bond acceptors (Lipinski definition) is 5. The van der Waals surface area contributed by atoms with E-state index >= 15 is 0 Å². The van der Waals surface area contributed by atoms with Crippen LogP contribution in [0.3, 0.4) is 0 Å². The second-order valence-electron chi connectivity index (χ2n) is 7.90. The van der Waals surface area contributed by atoms with Gasteiger partial charge in [0.2, 0.25) is 11.8 Å². The number of thioether (sulfide) groups is 1. The smallest absolute Gasteiger partial charge is 0.234 e. The molecule has 0 atom stereocenters. The minimum atomic E-state index is -0.364. The fourth-order valence-corrected chi connectivity index (χ4v) is 3.81. The molecule has 0 aliphatic heterocycles. The van der Waals surface area contributed by atoms with Crippen molar-refractivity contribution in [3.05, 3.63) is 35.2 Å². The molecule has 158 valence electrons. The Morgan fingerprint density at radius 3 is 2.55 bits per heavy atom. The molecule has 0 fully saturated rings. The fraction of sp³-hybridized carbons (Fsp3) is 0.524. The van der Waals surface area contributed by atoms with Gasteiger partial charge in [-0.25, -0.2) is 0 Å². The zero-order valence-corrected chi connectivity index (χ0v) is 18.7. The van der Waals surface area contributed by atoms with E-state index in [2.05, 4.69) is 43.2 Å². The van der Waals surface area contributed by atoms with E-state index in [1.54, 1.807) is 0 Å². The summed E-state index contributed by atoms with van der Waals surface area (Å²) >= 11 is 1.35. The highest BCUT2D eigenvalue weighted by molar-refractivity contribution is 7.99. The number of nitrogens with zero attached hydrogens (tertiary/aromatic N) is 3. The molecule has 0 unspecified atom stereocenters. The minimum Gasteiger partial charge on any atom is -0.370 e. The summed E-state index contributed by atoms with van der Waals surface area (Å²) in [4.78, 5) is 23.7. The van der Waals surface area contributed by atoms with E-state index in [9.17, 15) is 9.59 Å². The Morgan fingerprint density at radius 2 is 1.93 bits per heavy atom. The van der Waals surface area contributed by atoms with Crippen LogP contribution in [0.1, 0.15) is 57.0 Å². The molecule has 1 aromatic carbocycles. The van der Waals surface area contributed by atoms with Gasteiger partial charge < -0.3 is 15.6 Å². The summed E-state index contributed by atoms with van der Waals surface area (Å²) in [6.07, 6.45) is 0.676. The van der Waals surface area contributed by atoms with Crippen molar-refractivity contribution in [2.24, 2.45) is 11.7 Å². The van der Waals surface area contributed by atoms with E-state index in [-0.39, 0.29) is 24.0 Å². The number of nitrogens with one attached hydrogen (secondary N) is 1. The van der Waals surface area contributed by atoms with E-state index in [4.69, 9.17) is 5.73 Å². The quantitative estimate of drug-likeness (QED) is 0.576. The predicted octanol–water partition coefficient (Wildman–Crippen LogP) is 3.51. The summed E-state index contributed by atoms with van der Waals surface area (Å²) in [7, 11) is 0. The Balaban J connectivity index is 2.09. The van der Waals surface area contributed by atoms with Crippen LogP contribution < -0.4 is 11.1 Å². The van der Waals surface area contributed by atoms with Crippen LogP contribution in [0.15, 0.2) is 23.4 Å². The maximum atomic E-state index is 12.6. The Labute approximate surface area is 176 Å². The molecule has 0 saturated heterocycles. The SMILES string of the molecule is Cc1cccc(C(C)C)c1NC(=O)CSc1nnc(CCC(N)=O)n1CC(C)C. The molecule has 0 bridgehead atoms. The number of hydrogen-bond donors (Lipinski definition) is 2. The second-order valence-corrected chi connectivity index (χ2v) is 8.84. The number of nitrogens with two attached hydrogens (primary N) is 1. The summed E-state index contributed by atoms with van der Waals surface area (Å²) in [6.45, 7) is 11.1. The number of para-hydroxylation sites is 1. The highest BCUT2D eigenvalue weighted by Crippen LogP contribution is 2.28. The third-order valence-corrected chi connectivity index (χ3v) is 5.43. The lowest BCUT2D eigenvalue weighted by Crippen LogP contribution is -2.18. The van der Waals surface area contributed by atoms with Crippen LogP contribution in [0.2, 0.25) is 0 Å². The normalized spacial score (nSPS) is 11.3. The summed E-state index contributed by atoms with van der Waals surface area (Å²) in [5.74, 6) is 1.21. The van der Waals surface area contributed by atoms with E-state index in [1.165, 1.54) is 11.8 Å². The predicted molar refractivity (Wildman–Crippen MR) is 117 cm³/mol. The molecule has 2 rings (SSSR count). The van der Waals surface area contributed by atoms with E-state index in [1.807, 2.05) is 29.7 Å². The molecule has 2 aromatic rings. The second kappa shape index (κ2) is 10.4. The average Bonchev–Trinajstić information content (AvgIpc) is 3.00. The maximum Gasteiger partial charge on any atom is 0.234 e. The molecule has 8 heteroatoms. The van der Waals surface area contributed by atoms with Crippen LogP contribution >= 0.6 is 11.8 Å². The van der Waals surface area contributed by atoms with Crippen LogP contribution in [-0.4, -0.2) is 32.3 Å². The van der Waals surface area contributed by atoms with Crippen molar-refractivity contribution in [3.63, 3.8) is 0 Å². The van der Waals surface area contributed by atoms with E-state index < -0.39 is 0 Å². The number of carbonyl (C=O) groups is 2. The van der Waals surface area contributed by atoms with E-state index in [0.717, 1.165) is 29.2 Å². The Hall–Kier alpha value is -2.35. The minimum absolute atomic E-state index is 0.0796. The Bertz CT molecular complexity index is 861. The van der Waals surface area contributed by atoms with Crippen molar-refractivity contribution in [3.8, 4) is 0 Å². The number of benzene rings is 1. The molecule has 1 aromatic heterocycles. The zero-order chi connectivity index (χ0) is 21.6. The fourth-order valence-electron chi connectivity index (χ4n) is 3.04. The molecule has 0 radical (unpaired) electrons. The van der Waals surface area contributed by atoms with Gasteiger partial charge in [0, 0.05) is 25.1 Å². The van der Waals surface area contributed by atoms with Crippen molar-refractivity contribution in [1.29, 1.82) is 0 Å². The van der Waals surface area contributed by atoms with Crippen LogP contribution in [0.5, 0.6) is 0 Å². The number of anilines is 1. The first-order valence-corrected chi connectivity index (χ1v) is 10.9. The summed E-state index contributed by atoms with van der Waals surface area (Å²) in [6, 6.07) is 6.06. The van der Waals surface area contributed by atoms with Gasteiger partial charge in [-0.1, -0.05) is 57.7 Å². The molecule has 1 heterocycles. The van der Waals surface area contributed by atoms with Crippen molar-refractivity contribution in [2.75, 3.05) is 11.1 Å². The van der Waals surface area contributed by atoms with Gasteiger partial charge in [-0.2, -0.15) is 0 Å². The Kier molecular flexibility index (Phi) is 8.25. The summed E-state index contributed by atoms with van der Waals surface area (Å²) in [5.41, 5.74) is 8.32. The third kappa shape index (κ3) is 6.59. The number of aryl methyl sites for hydroxylation is 2. The van der Waals surface area contributed by atoms with Crippen molar-refractivity contribution in [2.45, 2.75) is 65.1 Å². The number of aromatic nitrogens is 3. The number of amides is 2. The molecule has 0 aliphatic carbocycles. The lowest BCUT2D eigenvalue weighted by molar-refractivity contribution is -0.118. The van der Waals surface area contributed by atoms with E-state index in [0.29, 0.717) is 23.4 Å². The van der Waals surface area contributed by atoms with Crippen molar-refractivity contribution < 1.29 is 9.59 Å². The highest BCUT2D eigenvalue weighted by Gasteiger charge is 2.17. The molecule has 0 aliphatic rings. The number of primary amides is 1. The van der Waals surface area contributed by atoms with Crippen LogP contribution in [0.4, 0.5) is 5.69 Å². The molecule has 0 saturated carbocycles. The van der Waals surface area contributed by atoms with Gasteiger partial charge in [-0.3, -0.25) is 9.59 Å². The molecule has 2 amide bonds. The van der Waals surface area contributed by atoms with Gasteiger partial charge in [0.25, 0.3) is 0 Å². The average molecular weight is 418 g/mol. The van der Waals surface area contributed by atoms with Crippen molar-refractivity contribution >= 4 is 29.3 Å².